The molecule has 13 heavy (non-hydrogen) atoms. The van der Waals surface area contributed by atoms with Crippen LogP contribution in [0.1, 0.15) is 17.7 Å². The summed E-state index contributed by atoms with van der Waals surface area (Å²) >= 11 is 0. The van der Waals surface area contributed by atoms with Crippen molar-refractivity contribution in [1.29, 1.82) is 5.26 Å². The highest BCUT2D eigenvalue weighted by Gasteiger charge is 2.10. The molecule has 0 radical (unpaired) electrons. The topological polar surface area (TPSA) is 58.3 Å². The van der Waals surface area contributed by atoms with Gasteiger partial charge in [-0.15, -0.1) is 0 Å². The molecular weight excluding hydrogens is 166 g/mol. The quantitative estimate of drug-likeness (QED) is 0.638. The Bertz CT molecular complexity index is 375. The zero-order valence-corrected chi connectivity index (χ0v) is 6.90. The molecule has 0 amide bonds. The third kappa shape index (κ3) is 1.49. The number of nitrogens with zero attached hydrogens (tertiary/aromatic N) is 3. The Morgan fingerprint density at radius 2 is 2.38 bits per heavy atom. The lowest BCUT2D eigenvalue weighted by Gasteiger charge is -1.95. The molecule has 0 aromatic carbocycles. The molecule has 0 bridgehead atoms. The Hall–Kier alpha value is -1.89. The second-order valence-electron chi connectivity index (χ2n) is 2.67. The van der Waals surface area contributed by atoms with Gasteiger partial charge in [0.25, 0.3) is 0 Å². The van der Waals surface area contributed by atoms with E-state index in [1.54, 1.807) is 12.3 Å². The summed E-state index contributed by atoms with van der Waals surface area (Å²) in [4.78, 5) is 8.81. The van der Waals surface area contributed by atoms with Crippen molar-refractivity contribution in [2.24, 2.45) is 5.16 Å². The third-order valence-corrected chi connectivity index (χ3v) is 1.82. The summed E-state index contributed by atoms with van der Waals surface area (Å²) < 4.78 is 0. The average molecular weight is 173 g/mol. The van der Waals surface area contributed by atoms with Gasteiger partial charge < -0.3 is 4.84 Å². The van der Waals surface area contributed by atoms with Gasteiger partial charge in [0.05, 0.1) is 5.71 Å². The van der Waals surface area contributed by atoms with Crippen LogP contribution in [-0.2, 0) is 4.84 Å². The Labute approximate surface area is 75.5 Å². The van der Waals surface area contributed by atoms with Crippen LogP contribution in [-0.4, -0.2) is 17.3 Å². The van der Waals surface area contributed by atoms with Crippen LogP contribution >= 0.6 is 0 Å². The predicted molar refractivity (Wildman–Crippen MR) is 46.1 cm³/mol. The smallest absolute Gasteiger partial charge is 0.140 e. The molecule has 2 heterocycles. The van der Waals surface area contributed by atoms with Crippen LogP contribution in [0.15, 0.2) is 23.5 Å². The van der Waals surface area contributed by atoms with E-state index in [1.807, 2.05) is 12.1 Å². The Morgan fingerprint density at radius 1 is 1.46 bits per heavy atom. The standard InChI is InChI=1S/C9H7N3O/c10-5-8-2-1-7(6-11-8)9-3-4-13-12-9/h1-2,6H,3-4H2. The summed E-state index contributed by atoms with van der Waals surface area (Å²) in [5.74, 6) is 0. The maximum Gasteiger partial charge on any atom is 0.140 e. The van der Waals surface area contributed by atoms with Crippen LogP contribution < -0.4 is 0 Å². The van der Waals surface area contributed by atoms with E-state index in [4.69, 9.17) is 10.1 Å². The van der Waals surface area contributed by atoms with E-state index in [2.05, 4.69) is 10.1 Å². The van der Waals surface area contributed by atoms with E-state index in [9.17, 15) is 0 Å². The molecule has 4 nitrogen and oxygen atoms in total. The summed E-state index contributed by atoms with van der Waals surface area (Å²) in [7, 11) is 0. The largest absolute Gasteiger partial charge is 0.395 e. The van der Waals surface area contributed by atoms with E-state index in [0.717, 1.165) is 17.7 Å². The van der Waals surface area contributed by atoms with E-state index >= 15 is 0 Å². The van der Waals surface area contributed by atoms with Crippen LogP contribution in [0, 0.1) is 11.3 Å². The molecule has 0 atom stereocenters. The number of oxime groups is 1. The molecule has 0 fully saturated rings. The molecule has 0 saturated carbocycles. The Balaban J connectivity index is 2.28. The zero-order valence-electron chi connectivity index (χ0n) is 6.90. The second kappa shape index (κ2) is 3.23. The Morgan fingerprint density at radius 3 is 2.92 bits per heavy atom. The minimum Gasteiger partial charge on any atom is -0.395 e. The van der Waals surface area contributed by atoms with Gasteiger partial charge in [-0.3, -0.25) is 0 Å². The maximum absolute atomic E-state index is 8.53. The molecule has 0 aliphatic carbocycles. The lowest BCUT2D eigenvalue weighted by atomic mass is 10.1. The monoisotopic (exact) mass is 173 g/mol. The third-order valence-electron chi connectivity index (χ3n) is 1.82. The lowest BCUT2D eigenvalue weighted by molar-refractivity contribution is 0.174. The number of hydrogen-bond acceptors (Lipinski definition) is 4. The zero-order chi connectivity index (χ0) is 9.10. The highest BCUT2D eigenvalue weighted by atomic mass is 16.6. The van der Waals surface area contributed by atoms with Crippen LogP contribution in [0.4, 0.5) is 0 Å². The van der Waals surface area contributed by atoms with Gasteiger partial charge in [-0.2, -0.15) is 5.26 Å². The molecule has 1 aliphatic heterocycles. The molecular formula is C9H7N3O. The van der Waals surface area contributed by atoms with Gasteiger partial charge in [-0.25, -0.2) is 4.98 Å². The SMILES string of the molecule is N#Cc1ccc(C2=NOCC2)cn1. The van der Waals surface area contributed by atoms with Crippen LogP contribution in [0.3, 0.4) is 0 Å². The number of hydrogen-bond donors (Lipinski definition) is 0. The van der Waals surface area contributed by atoms with Gasteiger partial charge in [0, 0.05) is 18.2 Å². The van der Waals surface area contributed by atoms with Crippen LogP contribution in [0.2, 0.25) is 0 Å². The van der Waals surface area contributed by atoms with Gasteiger partial charge in [-0.05, 0) is 12.1 Å². The molecule has 1 aliphatic rings. The second-order valence-corrected chi connectivity index (χ2v) is 2.67. The van der Waals surface area contributed by atoms with Crippen molar-refractivity contribution < 1.29 is 4.84 Å². The fourth-order valence-electron chi connectivity index (χ4n) is 1.14. The van der Waals surface area contributed by atoms with Gasteiger partial charge in [0.15, 0.2) is 0 Å². The molecule has 0 spiro atoms. The minimum absolute atomic E-state index is 0.420. The van der Waals surface area contributed by atoms with E-state index in [1.165, 1.54) is 0 Å². The first-order chi connectivity index (χ1) is 6.40. The lowest BCUT2D eigenvalue weighted by Crippen LogP contribution is -1.98. The molecule has 0 N–H and O–H groups in total. The average Bonchev–Trinajstić information content (AvgIpc) is 2.71. The molecule has 1 aromatic rings. The van der Waals surface area contributed by atoms with Crippen molar-refractivity contribution in [1.82, 2.24) is 4.98 Å². The van der Waals surface area contributed by atoms with Crippen molar-refractivity contribution in [3.63, 3.8) is 0 Å². The van der Waals surface area contributed by atoms with Gasteiger partial charge in [0.1, 0.15) is 18.4 Å². The molecule has 64 valence electrons. The van der Waals surface area contributed by atoms with E-state index in [0.29, 0.717) is 12.3 Å². The van der Waals surface area contributed by atoms with Crippen molar-refractivity contribution in [3.05, 3.63) is 29.6 Å². The number of pyridine rings is 1. The molecule has 1 aromatic heterocycles. The summed E-state index contributed by atoms with van der Waals surface area (Å²) in [5, 5.41) is 12.4. The fourth-order valence-corrected chi connectivity index (χ4v) is 1.14. The van der Waals surface area contributed by atoms with Crippen molar-refractivity contribution in [3.8, 4) is 6.07 Å². The predicted octanol–water partition coefficient (Wildman–Crippen LogP) is 1.08. The maximum atomic E-state index is 8.53. The number of rotatable bonds is 1. The summed E-state index contributed by atoms with van der Waals surface area (Å²) in [5.41, 5.74) is 2.25. The van der Waals surface area contributed by atoms with Crippen molar-refractivity contribution in [2.75, 3.05) is 6.61 Å². The minimum atomic E-state index is 0.420. The number of nitriles is 1. The molecule has 0 unspecified atom stereocenters. The number of aromatic nitrogens is 1. The van der Waals surface area contributed by atoms with Gasteiger partial charge >= 0.3 is 0 Å². The Kier molecular flexibility index (Phi) is 1.93. The first kappa shape index (κ1) is 7.74. The molecule has 0 saturated heterocycles. The normalized spacial score (nSPS) is 14.5. The van der Waals surface area contributed by atoms with Crippen LogP contribution in [0.25, 0.3) is 0 Å². The summed E-state index contributed by atoms with van der Waals surface area (Å²) in [6.45, 7) is 0.634. The first-order valence-corrected chi connectivity index (χ1v) is 3.95. The molecule has 2 rings (SSSR count). The highest BCUT2D eigenvalue weighted by Crippen LogP contribution is 2.09. The summed E-state index contributed by atoms with van der Waals surface area (Å²) in [6, 6.07) is 5.47. The summed E-state index contributed by atoms with van der Waals surface area (Å²) in [6.07, 6.45) is 2.46. The molecule has 4 heteroatoms. The van der Waals surface area contributed by atoms with E-state index in [-0.39, 0.29) is 0 Å². The van der Waals surface area contributed by atoms with Gasteiger partial charge in [0.2, 0.25) is 0 Å². The van der Waals surface area contributed by atoms with E-state index < -0.39 is 0 Å². The first-order valence-electron chi connectivity index (χ1n) is 3.95. The fraction of sp³-hybridized carbons (Fsp3) is 0.222. The van der Waals surface area contributed by atoms with Crippen molar-refractivity contribution >= 4 is 5.71 Å². The highest BCUT2D eigenvalue weighted by molar-refractivity contribution is 6.00. The van der Waals surface area contributed by atoms with Crippen LogP contribution in [0.5, 0.6) is 0 Å². The van der Waals surface area contributed by atoms with Crippen molar-refractivity contribution in [2.45, 2.75) is 6.42 Å². The van der Waals surface area contributed by atoms with Gasteiger partial charge in [-0.1, -0.05) is 5.16 Å².